The van der Waals surface area contributed by atoms with Crippen LogP contribution in [0.1, 0.15) is 18.5 Å². The molecule has 1 rings (SSSR count). The molecule has 2 nitrogen and oxygen atoms in total. The van der Waals surface area contributed by atoms with Crippen LogP contribution in [0.2, 0.25) is 5.02 Å². The van der Waals surface area contributed by atoms with Crippen molar-refractivity contribution in [3.05, 3.63) is 28.8 Å². The average molecular weight is 186 g/mol. The van der Waals surface area contributed by atoms with E-state index in [0.717, 1.165) is 5.56 Å². The summed E-state index contributed by atoms with van der Waals surface area (Å²) in [6.45, 7) is 1.92. The van der Waals surface area contributed by atoms with Crippen LogP contribution in [0.3, 0.4) is 0 Å². The molecule has 0 heterocycles. The summed E-state index contributed by atoms with van der Waals surface area (Å²) < 4.78 is 5.05. The first-order valence-corrected chi connectivity index (χ1v) is 4.12. The molecule has 0 fully saturated rings. The van der Waals surface area contributed by atoms with Crippen molar-refractivity contribution < 1.29 is 4.74 Å². The lowest BCUT2D eigenvalue weighted by molar-refractivity contribution is 0.414. The normalized spacial score (nSPS) is 12.7. The van der Waals surface area contributed by atoms with E-state index >= 15 is 0 Å². The number of hydrogen-bond donors (Lipinski definition) is 1. The van der Waals surface area contributed by atoms with Gasteiger partial charge >= 0.3 is 0 Å². The van der Waals surface area contributed by atoms with Gasteiger partial charge in [0, 0.05) is 6.04 Å². The van der Waals surface area contributed by atoms with Crippen LogP contribution in [-0.2, 0) is 0 Å². The molecule has 1 atom stereocenters. The fourth-order valence-electron chi connectivity index (χ4n) is 0.960. The number of rotatable bonds is 2. The number of hydrogen-bond acceptors (Lipinski definition) is 2. The topological polar surface area (TPSA) is 35.2 Å². The second kappa shape index (κ2) is 3.78. The SMILES string of the molecule is COc1cc(C(C)N)ccc1Cl. The van der Waals surface area contributed by atoms with E-state index in [2.05, 4.69) is 0 Å². The molecule has 0 saturated heterocycles. The number of nitrogens with two attached hydrogens (primary N) is 1. The molecule has 0 aliphatic heterocycles. The predicted molar refractivity (Wildman–Crippen MR) is 50.6 cm³/mol. The van der Waals surface area contributed by atoms with E-state index < -0.39 is 0 Å². The van der Waals surface area contributed by atoms with Gasteiger partial charge < -0.3 is 10.5 Å². The highest BCUT2D eigenvalue weighted by atomic mass is 35.5. The molecule has 0 radical (unpaired) electrons. The van der Waals surface area contributed by atoms with Crippen molar-refractivity contribution in [2.24, 2.45) is 5.73 Å². The predicted octanol–water partition coefficient (Wildman–Crippen LogP) is 2.37. The maximum absolute atomic E-state index is 5.84. The highest BCUT2D eigenvalue weighted by Gasteiger charge is 2.04. The molecule has 0 aromatic heterocycles. The van der Waals surface area contributed by atoms with Crippen LogP contribution in [-0.4, -0.2) is 7.11 Å². The van der Waals surface area contributed by atoms with Crippen LogP contribution in [0.15, 0.2) is 18.2 Å². The Morgan fingerprint density at radius 3 is 2.67 bits per heavy atom. The minimum absolute atomic E-state index is 0.0103. The van der Waals surface area contributed by atoms with Gasteiger partial charge in [-0.2, -0.15) is 0 Å². The number of methoxy groups -OCH3 is 1. The molecule has 2 N–H and O–H groups in total. The standard InChI is InChI=1S/C9H12ClNO/c1-6(11)7-3-4-8(10)9(5-7)12-2/h3-6H,11H2,1-2H3. The molecule has 0 saturated carbocycles. The first kappa shape index (κ1) is 9.36. The lowest BCUT2D eigenvalue weighted by atomic mass is 10.1. The Morgan fingerprint density at radius 1 is 1.50 bits per heavy atom. The van der Waals surface area contributed by atoms with E-state index in [9.17, 15) is 0 Å². The molecule has 3 heteroatoms. The molecular formula is C9H12ClNO. The van der Waals surface area contributed by atoms with Crippen LogP contribution in [0, 0.1) is 0 Å². The Morgan fingerprint density at radius 2 is 2.17 bits per heavy atom. The lowest BCUT2D eigenvalue weighted by Crippen LogP contribution is -2.04. The summed E-state index contributed by atoms with van der Waals surface area (Å²) in [5.41, 5.74) is 6.71. The van der Waals surface area contributed by atoms with Gasteiger partial charge in [0.05, 0.1) is 12.1 Å². The van der Waals surface area contributed by atoms with Crippen LogP contribution < -0.4 is 10.5 Å². The van der Waals surface area contributed by atoms with Crippen molar-refractivity contribution in [2.75, 3.05) is 7.11 Å². The Balaban J connectivity index is 3.05. The van der Waals surface area contributed by atoms with E-state index in [1.807, 2.05) is 19.1 Å². The lowest BCUT2D eigenvalue weighted by Gasteiger charge is -2.08. The van der Waals surface area contributed by atoms with Gasteiger partial charge in [0.2, 0.25) is 0 Å². The van der Waals surface area contributed by atoms with Gasteiger partial charge in [0.15, 0.2) is 0 Å². The van der Waals surface area contributed by atoms with Crippen molar-refractivity contribution >= 4 is 11.6 Å². The van der Waals surface area contributed by atoms with E-state index in [1.54, 1.807) is 13.2 Å². The summed E-state index contributed by atoms with van der Waals surface area (Å²) in [4.78, 5) is 0. The maximum Gasteiger partial charge on any atom is 0.137 e. The zero-order valence-electron chi connectivity index (χ0n) is 7.17. The molecule has 66 valence electrons. The molecule has 1 unspecified atom stereocenters. The Kier molecular flexibility index (Phi) is 2.95. The Hall–Kier alpha value is -0.730. The molecule has 1 aromatic carbocycles. The quantitative estimate of drug-likeness (QED) is 0.768. The fraction of sp³-hybridized carbons (Fsp3) is 0.333. The van der Waals surface area contributed by atoms with Crippen molar-refractivity contribution in [1.82, 2.24) is 0 Å². The summed E-state index contributed by atoms with van der Waals surface area (Å²) in [6, 6.07) is 5.55. The largest absolute Gasteiger partial charge is 0.495 e. The van der Waals surface area contributed by atoms with Gasteiger partial charge in [-0.3, -0.25) is 0 Å². The second-order valence-electron chi connectivity index (χ2n) is 2.68. The van der Waals surface area contributed by atoms with Crippen LogP contribution in [0.5, 0.6) is 5.75 Å². The van der Waals surface area contributed by atoms with E-state index in [0.29, 0.717) is 10.8 Å². The van der Waals surface area contributed by atoms with E-state index in [4.69, 9.17) is 22.1 Å². The monoisotopic (exact) mass is 185 g/mol. The highest BCUT2D eigenvalue weighted by molar-refractivity contribution is 6.32. The molecular weight excluding hydrogens is 174 g/mol. The van der Waals surface area contributed by atoms with E-state index in [-0.39, 0.29) is 6.04 Å². The van der Waals surface area contributed by atoms with Gasteiger partial charge in [0.1, 0.15) is 5.75 Å². The minimum atomic E-state index is 0.0103. The van der Waals surface area contributed by atoms with Crippen molar-refractivity contribution in [2.45, 2.75) is 13.0 Å². The minimum Gasteiger partial charge on any atom is -0.495 e. The van der Waals surface area contributed by atoms with Crippen molar-refractivity contribution in [3.63, 3.8) is 0 Å². The third-order valence-corrected chi connectivity index (χ3v) is 2.01. The third kappa shape index (κ3) is 1.90. The highest BCUT2D eigenvalue weighted by Crippen LogP contribution is 2.26. The van der Waals surface area contributed by atoms with Crippen molar-refractivity contribution in [1.29, 1.82) is 0 Å². The Bertz CT molecular complexity index is 273. The maximum atomic E-state index is 5.84. The summed E-state index contributed by atoms with van der Waals surface area (Å²) in [5, 5.41) is 0.613. The van der Waals surface area contributed by atoms with E-state index in [1.165, 1.54) is 0 Å². The first-order chi connectivity index (χ1) is 5.65. The molecule has 0 aliphatic rings. The van der Waals surface area contributed by atoms with Gasteiger partial charge in [-0.05, 0) is 24.6 Å². The van der Waals surface area contributed by atoms with Crippen LogP contribution in [0.25, 0.3) is 0 Å². The zero-order chi connectivity index (χ0) is 9.14. The summed E-state index contributed by atoms with van der Waals surface area (Å²) >= 11 is 5.84. The summed E-state index contributed by atoms with van der Waals surface area (Å²) in [6.07, 6.45) is 0. The molecule has 1 aromatic rings. The molecule has 0 aliphatic carbocycles. The summed E-state index contributed by atoms with van der Waals surface area (Å²) in [7, 11) is 1.59. The molecule has 0 amide bonds. The van der Waals surface area contributed by atoms with Crippen LogP contribution in [0.4, 0.5) is 0 Å². The zero-order valence-corrected chi connectivity index (χ0v) is 7.93. The molecule has 12 heavy (non-hydrogen) atoms. The van der Waals surface area contributed by atoms with Gasteiger partial charge in [0.25, 0.3) is 0 Å². The summed E-state index contributed by atoms with van der Waals surface area (Å²) in [5.74, 6) is 0.673. The molecule has 0 spiro atoms. The molecule has 0 bridgehead atoms. The van der Waals surface area contributed by atoms with Crippen LogP contribution >= 0.6 is 11.6 Å². The smallest absolute Gasteiger partial charge is 0.137 e. The average Bonchev–Trinajstić information content (AvgIpc) is 2.05. The number of ether oxygens (including phenoxy) is 1. The van der Waals surface area contributed by atoms with Gasteiger partial charge in [-0.1, -0.05) is 17.7 Å². The number of benzene rings is 1. The van der Waals surface area contributed by atoms with Gasteiger partial charge in [-0.25, -0.2) is 0 Å². The first-order valence-electron chi connectivity index (χ1n) is 3.74. The van der Waals surface area contributed by atoms with Gasteiger partial charge in [-0.15, -0.1) is 0 Å². The second-order valence-corrected chi connectivity index (χ2v) is 3.09. The third-order valence-electron chi connectivity index (χ3n) is 1.70. The number of halogens is 1. The fourth-order valence-corrected chi connectivity index (χ4v) is 1.15. The Labute approximate surface area is 77.3 Å². The van der Waals surface area contributed by atoms with Crippen molar-refractivity contribution in [3.8, 4) is 5.75 Å².